The van der Waals surface area contributed by atoms with Gasteiger partial charge in [0.25, 0.3) is 5.56 Å². The molecular weight excluding hydrogens is 430 g/mol. The lowest BCUT2D eigenvalue weighted by Gasteiger charge is -2.35. The van der Waals surface area contributed by atoms with Crippen molar-refractivity contribution in [3.05, 3.63) is 44.9 Å². The molecule has 1 saturated heterocycles. The van der Waals surface area contributed by atoms with E-state index in [1.165, 1.54) is 16.6 Å². The number of amides is 2. The average molecular weight is 448 g/mol. The summed E-state index contributed by atoms with van der Waals surface area (Å²) in [6.45, 7) is 1.47. The minimum absolute atomic E-state index is 0.0936. The van der Waals surface area contributed by atoms with E-state index in [-0.39, 0.29) is 23.0 Å². The van der Waals surface area contributed by atoms with Gasteiger partial charge in [0.05, 0.1) is 18.8 Å². The van der Waals surface area contributed by atoms with Crippen molar-refractivity contribution in [3.8, 4) is 0 Å². The fraction of sp³-hybridized carbons (Fsp3) is 0.333. The van der Waals surface area contributed by atoms with Crippen LogP contribution in [0.15, 0.2) is 33.7 Å². The van der Waals surface area contributed by atoms with Gasteiger partial charge >= 0.3 is 12.0 Å². The van der Waals surface area contributed by atoms with Gasteiger partial charge in [-0.15, -0.1) is 0 Å². The van der Waals surface area contributed by atoms with Gasteiger partial charge in [0, 0.05) is 30.8 Å². The third kappa shape index (κ3) is 3.03. The zero-order valence-corrected chi connectivity index (χ0v) is 16.9. The summed E-state index contributed by atoms with van der Waals surface area (Å²) in [5.74, 6) is -0.182. The number of fused-ring (bicyclic) bond motifs is 4. The van der Waals surface area contributed by atoms with Crippen LogP contribution in [0.2, 0.25) is 0 Å². The Morgan fingerprint density at radius 2 is 2.14 bits per heavy atom. The van der Waals surface area contributed by atoms with E-state index in [1.54, 1.807) is 31.4 Å². The molecule has 2 aliphatic heterocycles. The Hall–Kier alpha value is -2.88. The summed E-state index contributed by atoms with van der Waals surface area (Å²) >= 11 is 3.33. The molecule has 2 aromatic heterocycles. The first-order valence-electron chi connectivity index (χ1n) is 8.69. The zero-order chi connectivity index (χ0) is 20.0. The molecule has 1 N–H and O–H groups in total. The molecule has 0 aliphatic carbocycles. The lowest BCUT2D eigenvalue weighted by molar-refractivity contribution is 0.0594. The molecule has 28 heavy (non-hydrogen) atoms. The predicted molar refractivity (Wildman–Crippen MR) is 107 cm³/mol. The van der Waals surface area contributed by atoms with Gasteiger partial charge in [-0.05, 0) is 40.5 Å². The van der Waals surface area contributed by atoms with Gasteiger partial charge in [-0.1, -0.05) is 0 Å². The van der Waals surface area contributed by atoms with Crippen LogP contribution < -0.4 is 20.7 Å². The summed E-state index contributed by atoms with van der Waals surface area (Å²) in [5.41, 5.74) is 0.740. The molecule has 0 spiro atoms. The first-order chi connectivity index (χ1) is 13.4. The standard InChI is InChI=1S/C18H18BrN5O4/c1-22-8-10(19)7-13(16(22)25)21-18(27)24-11-5-6-23(9-11)14-4-3-12(17(26)28-2)20-15(14)24/h3-4,7-8,11H,5-6,9H2,1-2H3,(H,21,27). The minimum Gasteiger partial charge on any atom is -0.464 e. The topological polar surface area (TPSA) is 96.8 Å². The molecule has 2 aliphatic rings. The molecule has 146 valence electrons. The molecule has 2 bridgehead atoms. The van der Waals surface area contributed by atoms with Crippen molar-refractivity contribution in [2.45, 2.75) is 12.5 Å². The second kappa shape index (κ2) is 6.93. The fourth-order valence-electron chi connectivity index (χ4n) is 3.63. The maximum atomic E-state index is 13.1. The number of hydrogen-bond donors (Lipinski definition) is 1. The molecule has 4 heterocycles. The van der Waals surface area contributed by atoms with Crippen LogP contribution in [0.3, 0.4) is 0 Å². The summed E-state index contributed by atoms with van der Waals surface area (Å²) in [4.78, 5) is 45.4. The maximum absolute atomic E-state index is 13.1. The van der Waals surface area contributed by atoms with Gasteiger partial charge in [-0.2, -0.15) is 0 Å². The highest BCUT2D eigenvalue weighted by Crippen LogP contribution is 2.39. The van der Waals surface area contributed by atoms with Crippen molar-refractivity contribution in [1.82, 2.24) is 9.55 Å². The molecule has 0 radical (unpaired) electrons. The smallest absolute Gasteiger partial charge is 0.356 e. The van der Waals surface area contributed by atoms with Gasteiger partial charge in [-0.25, -0.2) is 14.6 Å². The molecule has 1 unspecified atom stereocenters. The summed E-state index contributed by atoms with van der Waals surface area (Å²) in [6, 6.07) is 4.36. The lowest BCUT2D eigenvalue weighted by Crippen LogP contribution is -2.49. The highest BCUT2D eigenvalue weighted by molar-refractivity contribution is 9.10. The molecule has 4 rings (SSSR count). The number of aromatic nitrogens is 2. The number of pyridine rings is 2. The number of carbonyl (C=O) groups excluding carboxylic acids is 2. The van der Waals surface area contributed by atoms with Crippen LogP contribution in [0.25, 0.3) is 0 Å². The van der Waals surface area contributed by atoms with Crippen LogP contribution in [0.5, 0.6) is 0 Å². The van der Waals surface area contributed by atoms with Crippen LogP contribution in [-0.2, 0) is 11.8 Å². The largest absolute Gasteiger partial charge is 0.464 e. The fourth-order valence-corrected chi connectivity index (χ4v) is 4.16. The van der Waals surface area contributed by atoms with Crippen molar-refractivity contribution in [2.75, 3.05) is 35.3 Å². The highest BCUT2D eigenvalue weighted by Gasteiger charge is 2.40. The van der Waals surface area contributed by atoms with E-state index in [1.807, 2.05) is 0 Å². The first-order valence-corrected chi connectivity index (χ1v) is 9.49. The number of nitrogens with one attached hydrogen (secondary N) is 1. The number of halogens is 1. The van der Waals surface area contributed by atoms with Gasteiger partial charge in [0.2, 0.25) is 0 Å². The van der Waals surface area contributed by atoms with Crippen molar-refractivity contribution in [3.63, 3.8) is 0 Å². The minimum atomic E-state index is -0.572. The number of aryl methyl sites for hydroxylation is 1. The number of esters is 1. The van der Waals surface area contributed by atoms with Crippen LogP contribution in [0.1, 0.15) is 16.9 Å². The van der Waals surface area contributed by atoms with E-state index in [4.69, 9.17) is 4.74 Å². The predicted octanol–water partition coefficient (Wildman–Crippen LogP) is 1.96. The SMILES string of the molecule is COC(=O)c1ccc2c(n1)N(C(=O)Nc1cc(Br)cn(C)c1=O)C1CCN2C1. The number of ether oxygens (including phenoxy) is 1. The van der Waals surface area contributed by atoms with Crippen molar-refractivity contribution in [2.24, 2.45) is 7.05 Å². The highest BCUT2D eigenvalue weighted by atomic mass is 79.9. The van der Waals surface area contributed by atoms with Gasteiger partial charge in [0.1, 0.15) is 5.69 Å². The zero-order valence-electron chi connectivity index (χ0n) is 15.3. The van der Waals surface area contributed by atoms with Crippen molar-refractivity contribution >= 4 is 45.1 Å². The third-order valence-corrected chi connectivity index (χ3v) is 5.39. The average Bonchev–Trinajstić information content (AvgIpc) is 3.09. The molecule has 1 fully saturated rings. The van der Waals surface area contributed by atoms with Crippen LogP contribution in [0, 0.1) is 0 Å². The normalized spacial score (nSPS) is 17.3. The summed E-state index contributed by atoms with van der Waals surface area (Å²) in [6.07, 6.45) is 2.39. The van der Waals surface area contributed by atoms with E-state index >= 15 is 0 Å². The number of methoxy groups -OCH3 is 1. The Morgan fingerprint density at radius 1 is 1.36 bits per heavy atom. The van der Waals surface area contributed by atoms with E-state index < -0.39 is 12.0 Å². The molecule has 0 aromatic carbocycles. The van der Waals surface area contributed by atoms with Crippen molar-refractivity contribution < 1.29 is 14.3 Å². The van der Waals surface area contributed by atoms with Gasteiger partial charge < -0.3 is 19.5 Å². The number of urea groups is 1. The van der Waals surface area contributed by atoms with Crippen LogP contribution in [0.4, 0.5) is 22.0 Å². The Balaban J connectivity index is 1.73. The Labute approximate surface area is 169 Å². The summed E-state index contributed by atoms with van der Waals surface area (Å²) < 4.78 is 6.80. The second-order valence-electron chi connectivity index (χ2n) is 6.71. The van der Waals surface area contributed by atoms with E-state index in [0.717, 1.165) is 18.7 Å². The van der Waals surface area contributed by atoms with E-state index in [0.29, 0.717) is 16.8 Å². The lowest BCUT2D eigenvalue weighted by atomic mass is 10.1. The van der Waals surface area contributed by atoms with Crippen LogP contribution in [-0.4, -0.2) is 47.8 Å². The Morgan fingerprint density at radius 3 is 2.89 bits per heavy atom. The number of nitrogens with zero attached hydrogens (tertiary/aromatic N) is 4. The first kappa shape index (κ1) is 18.5. The van der Waals surface area contributed by atoms with Gasteiger partial charge in [-0.3, -0.25) is 9.69 Å². The molecule has 0 saturated carbocycles. The molecule has 2 aromatic rings. The Kier molecular flexibility index (Phi) is 4.58. The summed E-state index contributed by atoms with van der Waals surface area (Å²) in [5, 5.41) is 2.70. The second-order valence-corrected chi connectivity index (χ2v) is 7.62. The Bertz CT molecular complexity index is 1040. The number of anilines is 3. The molecular formula is C18H18BrN5O4. The third-order valence-electron chi connectivity index (χ3n) is 4.96. The molecule has 1 atom stereocenters. The quantitative estimate of drug-likeness (QED) is 0.706. The molecule has 10 heteroatoms. The monoisotopic (exact) mass is 447 g/mol. The van der Waals surface area contributed by atoms with Crippen LogP contribution >= 0.6 is 15.9 Å². The van der Waals surface area contributed by atoms with E-state index in [9.17, 15) is 14.4 Å². The van der Waals surface area contributed by atoms with E-state index in [2.05, 4.69) is 31.1 Å². The summed E-state index contributed by atoms with van der Waals surface area (Å²) in [7, 11) is 2.89. The number of carbonyl (C=O) groups is 2. The van der Waals surface area contributed by atoms with Crippen molar-refractivity contribution in [1.29, 1.82) is 0 Å². The maximum Gasteiger partial charge on any atom is 0.356 e. The molecule has 2 amide bonds. The number of hydrogen-bond acceptors (Lipinski definition) is 6. The molecule has 9 nitrogen and oxygen atoms in total. The van der Waals surface area contributed by atoms with Gasteiger partial charge in [0.15, 0.2) is 11.5 Å². The number of rotatable bonds is 2.